The number of rotatable bonds is 5. The molecule has 1 aliphatic rings. The monoisotopic (exact) mass is 435 g/mol. The minimum Gasteiger partial charge on any atom is -0.462 e. The molecule has 0 spiro atoms. The first kappa shape index (κ1) is 22.7. The van der Waals surface area contributed by atoms with Gasteiger partial charge in [-0.25, -0.2) is 0 Å². The second-order valence-corrected chi connectivity index (χ2v) is 7.96. The molecule has 0 aromatic heterocycles. The van der Waals surface area contributed by atoms with E-state index in [2.05, 4.69) is 5.32 Å². The Morgan fingerprint density at radius 2 is 1.48 bits per heavy atom. The van der Waals surface area contributed by atoms with Crippen molar-refractivity contribution in [2.24, 2.45) is 0 Å². The minimum absolute atomic E-state index is 0.0325. The Morgan fingerprint density at radius 3 is 1.97 bits per heavy atom. The summed E-state index contributed by atoms with van der Waals surface area (Å²) in [6, 6.07) is 10.5. The van der Waals surface area contributed by atoms with E-state index >= 15 is 0 Å². The average molecular weight is 435 g/mol. The fourth-order valence-corrected chi connectivity index (χ4v) is 3.73. The molecule has 3 rings (SSSR count). The van der Waals surface area contributed by atoms with Gasteiger partial charge in [0.1, 0.15) is 0 Å². The molecule has 0 aliphatic carbocycles. The van der Waals surface area contributed by atoms with Crippen molar-refractivity contribution in [2.75, 3.05) is 5.32 Å². The topological polar surface area (TPSA) is 64.6 Å². The van der Waals surface area contributed by atoms with E-state index in [9.17, 15) is 22.8 Å². The zero-order valence-corrected chi connectivity index (χ0v) is 17.6. The zero-order chi connectivity index (χ0) is 23.0. The van der Waals surface area contributed by atoms with Crippen molar-refractivity contribution in [3.63, 3.8) is 0 Å². The molecule has 31 heavy (non-hydrogen) atoms. The molecule has 8 heteroatoms. The van der Waals surface area contributed by atoms with E-state index in [-0.39, 0.29) is 11.3 Å². The molecule has 5 nitrogen and oxygen atoms in total. The lowest BCUT2D eigenvalue weighted by molar-refractivity contribution is -0.170. The molecule has 0 radical (unpaired) electrons. The molecule has 0 amide bonds. The zero-order valence-electron chi connectivity index (χ0n) is 17.6. The number of hydrogen-bond donors (Lipinski definition) is 1. The average Bonchev–Trinajstić information content (AvgIpc) is 3.02. The Balaban J connectivity index is 2.28. The summed E-state index contributed by atoms with van der Waals surface area (Å²) in [4.78, 5) is 26.9. The standard InChI is InChI=1S/C23H24F3NO4/c1-13(2)30-20(28)22(21(29)31-14(3)4)17-11-10-16(23(24,25)26)12-18(17)27-19(22)15-8-6-5-7-9-15/h5-14,19,27H,1-4H3/t19-/m1/s1. The summed E-state index contributed by atoms with van der Waals surface area (Å²) >= 11 is 0. The third kappa shape index (κ3) is 4.11. The maximum atomic E-state index is 13.4. The highest BCUT2D eigenvalue weighted by molar-refractivity contribution is 6.11. The third-order valence-corrected chi connectivity index (χ3v) is 4.97. The molecule has 2 aromatic rings. The lowest BCUT2D eigenvalue weighted by Gasteiger charge is -2.33. The summed E-state index contributed by atoms with van der Waals surface area (Å²) in [6.45, 7) is 6.53. The summed E-state index contributed by atoms with van der Waals surface area (Å²) in [7, 11) is 0. The van der Waals surface area contributed by atoms with Gasteiger partial charge in [-0.15, -0.1) is 0 Å². The number of alkyl halides is 3. The predicted molar refractivity (Wildman–Crippen MR) is 108 cm³/mol. The molecule has 1 atom stereocenters. The summed E-state index contributed by atoms with van der Waals surface area (Å²) in [5, 5.41) is 2.96. The van der Waals surface area contributed by atoms with Crippen LogP contribution in [0.2, 0.25) is 0 Å². The molecule has 0 bridgehead atoms. The number of carbonyl (C=O) groups is 2. The summed E-state index contributed by atoms with van der Waals surface area (Å²) in [6.07, 6.45) is -5.68. The maximum Gasteiger partial charge on any atom is 0.416 e. The molecule has 1 aliphatic heterocycles. The largest absolute Gasteiger partial charge is 0.462 e. The number of halogens is 3. The van der Waals surface area contributed by atoms with E-state index in [0.29, 0.717) is 5.56 Å². The number of nitrogens with one attached hydrogen (secondary N) is 1. The molecule has 1 heterocycles. The number of benzene rings is 2. The van der Waals surface area contributed by atoms with Crippen molar-refractivity contribution in [1.29, 1.82) is 0 Å². The van der Waals surface area contributed by atoms with Crippen LogP contribution in [0, 0.1) is 0 Å². The Kier molecular flexibility index (Phi) is 6.02. The van der Waals surface area contributed by atoms with Crippen LogP contribution < -0.4 is 5.32 Å². The van der Waals surface area contributed by atoms with Gasteiger partial charge in [-0.3, -0.25) is 9.59 Å². The molecule has 166 valence electrons. The van der Waals surface area contributed by atoms with Crippen LogP contribution in [0.15, 0.2) is 48.5 Å². The van der Waals surface area contributed by atoms with Crippen molar-refractivity contribution in [3.05, 3.63) is 65.2 Å². The number of carbonyl (C=O) groups excluding carboxylic acids is 2. The first-order valence-corrected chi connectivity index (χ1v) is 9.93. The normalized spacial score (nSPS) is 17.3. The van der Waals surface area contributed by atoms with Crippen molar-refractivity contribution >= 4 is 17.6 Å². The van der Waals surface area contributed by atoms with E-state index in [1.807, 2.05) is 0 Å². The van der Waals surface area contributed by atoms with Crippen molar-refractivity contribution in [2.45, 2.75) is 57.5 Å². The van der Waals surface area contributed by atoms with Gasteiger partial charge in [0.2, 0.25) is 5.41 Å². The Hall–Kier alpha value is -3.03. The van der Waals surface area contributed by atoms with Gasteiger partial charge in [0.25, 0.3) is 0 Å². The predicted octanol–water partition coefficient (Wildman–Crippen LogP) is 5.01. The first-order chi connectivity index (χ1) is 14.5. The first-order valence-electron chi connectivity index (χ1n) is 9.93. The van der Waals surface area contributed by atoms with Crippen LogP contribution in [-0.4, -0.2) is 24.1 Å². The van der Waals surface area contributed by atoms with Crippen molar-refractivity contribution < 1.29 is 32.2 Å². The number of fused-ring (bicyclic) bond motifs is 1. The Labute approximate surface area is 178 Å². The Bertz CT molecular complexity index is 949. The van der Waals surface area contributed by atoms with E-state index in [0.717, 1.165) is 18.2 Å². The highest BCUT2D eigenvalue weighted by Crippen LogP contribution is 2.52. The fourth-order valence-electron chi connectivity index (χ4n) is 3.73. The number of hydrogen-bond acceptors (Lipinski definition) is 5. The summed E-state index contributed by atoms with van der Waals surface area (Å²) in [5.74, 6) is -1.76. The molecular weight excluding hydrogens is 411 g/mol. The maximum absolute atomic E-state index is 13.4. The fraction of sp³-hybridized carbons (Fsp3) is 0.391. The smallest absolute Gasteiger partial charge is 0.416 e. The quantitative estimate of drug-likeness (QED) is 0.528. The summed E-state index contributed by atoms with van der Waals surface area (Å²) < 4.78 is 50.8. The third-order valence-electron chi connectivity index (χ3n) is 4.97. The highest BCUT2D eigenvalue weighted by Gasteiger charge is 2.62. The van der Waals surface area contributed by atoms with Crippen LogP contribution in [0.1, 0.15) is 50.4 Å². The second kappa shape index (κ2) is 8.24. The van der Waals surface area contributed by atoms with Crippen LogP contribution in [-0.2, 0) is 30.7 Å². The summed E-state index contributed by atoms with van der Waals surface area (Å²) in [5.41, 5.74) is -2.24. The van der Waals surface area contributed by atoms with E-state index in [4.69, 9.17) is 9.47 Å². The van der Waals surface area contributed by atoms with E-state index in [1.165, 1.54) is 0 Å². The molecule has 2 aromatic carbocycles. The molecule has 0 unspecified atom stereocenters. The van der Waals surface area contributed by atoms with Gasteiger partial charge in [0.15, 0.2) is 0 Å². The van der Waals surface area contributed by atoms with Gasteiger partial charge in [-0.05, 0) is 45.4 Å². The van der Waals surface area contributed by atoms with Crippen LogP contribution in [0.5, 0.6) is 0 Å². The number of anilines is 1. The van der Waals surface area contributed by atoms with Gasteiger partial charge in [0, 0.05) is 11.3 Å². The number of esters is 2. The van der Waals surface area contributed by atoms with Crippen LogP contribution in [0.3, 0.4) is 0 Å². The van der Waals surface area contributed by atoms with Gasteiger partial charge < -0.3 is 14.8 Å². The van der Waals surface area contributed by atoms with Crippen LogP contribution in [0.25, 0.3) is 0 Å². The van der Waals surface area contributed by atoms with Gasteiger partial charge in [-0.2, -0.15) is 13.2 Å². The van der Waals surface area contributed by atoms with Crippen molar-refractivity contribution in [3.8, 4) is 0 Å². The van der Waals surface area contributed by atoms with Gasteiger partial charge in [0.05, 0.1) is 23.8 Å². The van der Waals surface area contributed by atoms with E-state index in [1.54, 1.807) is 58.0 Å². The molecule has 0 saturated heterocycles. The van der Waals surface area contributed by atoms with Crippen LogP contribution in [0.4, 0.5) is 18.9 Å². The molecule has 0 fully saturated rings. The molecule has 1 N–H and O–H groups in total. The SMILES string of the molecule is CC(C)OC(=O)C1(C(=O)OC(C)C)c2ccc(C(F)(F)F)cc2N[C@@H]1c1ccccc1. The van der Waals surface area contributed by atoms with Gasteiger partial charge in [-0.1, -0.05) is 36.4 Å². The molecule has 0 saturated carbocycles. The Morgan fingerprint density at radius 1 is 0.935 bits per heavy atom. The number of ether oxygens (including phenoxy) is 2. The van der Waals surface area contributed by atoms with Crippen molar-refractivity contribution in [1.82, 2.24) is 0 Å². The highest BCUT2D eigenvalue weighted by atomic mass is 19.4. The van der Waals surface area contributed by atoms with Crippen LogP contribution >= 0.6 is 0 Å². The lowest BCUT2D eigenvalue weighted by Crippen LogP contribution is -2.50. The lowest BCUT2D eigenvalue weighted by atomic mass is 9.73. The molecular formula is C23H24F3NO4. The van der Waals surface area contributed by atoms with Gasteiger partial charge >= 0.3 is 18.1 Å². The minimum atomic E-state index is -4.58. The second-order valence-electron chi connectivity index (χ2n) is 7.96. The van der Waals surface area contributed by atoms with E-state index < -0.39 is 47.3 Å².